The molecule has 7 nitrogen and oxygen atoms in total. The first-order valence-electron chi connectivity index (χ1n) is 8.76. The van der Waals surface area contributed by atoms with E-state index in [-0.39, 0.29) is 17.8 Å². The number of aromatic nitrogens is 2. The van der Waals surface area contributed by atoms with Gasteiger partial charge >= 0.3 is 6.01 Å². The number of carbonyl (C=O) groups excluding carboxylic acids is 1. The summed E-state index contributed by atoms with van der Waals surface area (Å²) < 4.78 is 16.9. The molecule has 0 fully saturated rings. The molecule has 0 saturated heterocycles. The fourth-order valence-electron chi connectivity index (χ4n) is 2.67. The van der Waals surface area contributed by atoms with Crippen molar-refractivity contribution in [3.63, 3.8) is 0 Å². The average Bonchev–Trinajstić information content (AvgIpc) is 3.35. The Kier molecular flexibility index (Phi) is 4.88. The standard InChI is InChI=1S/C21H17N3O4/c1-2-26-16-10-6-9-15-13-17(27-19(15)16)20-23-24-21(28-20)22-18(25)12-11-14-7-4-3-5-8-14/h3-13H,2H2,1H3,(H,22,24,25). The number of hydrogen-bond acceptors (Lipinski definition) is 6. The smallest absolute Gasteiger partial charge is 0.322 e. The van der Waals surface area contributed by atoms with Crippen molar-refractivity contribution < 1.29 is 18.4 Å². The van der Waals surface area contributed by atoms with E-state index in [0.29, 0.717) is 23.7 Å². The summed E-state index contributed by atoms with van der Waals surface area (Å²) >= 11 is 0. The van der Waals surface area contributed by atoms with Crippen LogP contribution in [-0.2, 0) is 4.79 Å². The summed E-state index contributed by atoms with van der Waals surface area (Å²) in [4.78, 5) is 12.0. The predicted molar refractivity (Wildman–Crippen MR) is 105 cm³/mol. The first-order chi connectivity index (χ1) is 13.7. The zero-order valence-corrected chi connectivity index (χ0v) is 15.1. The molecule has 2 aromatic heterocycles. The minimum absolute atomic E-state index is 0.0109. The van der Waals surface area contributed by atoms with Crippen LogP contribution in [0.3, 0.4) is 0 Å². The number of hydrogen-bond donors (Lipinski definition) is 1. The number of rotatable bonds is 6. The third kappa shape index (κ3) is 3.78. The van der Waals surface area contributed by atoms with Gasteiger partial charge in [0.1, 0.15) is 0 Å². The molecule has 0 atom stereocenters. The molecule has 0 saturated carbocycles. The molecule has 2 aromatic carbocycles. The van der Waals surface area contributed by atoms with E-state index in [1.807, 2.05) is 55.5 Å². The first kappa shape index (κ1) is 17.5. The van der Waals surface area contributed by atoms with Crippen LogP contribution in [0.2, 0.25) is 0 Å². The summed E-state index contributed by atoms with van der Waals surface area (Å²) in [7, 11) is 0. The summed E-state index contributed by atoms with van der Waals surface area (Å²) in [5.41, 5.74) is 1.52. The zero-order valence-electron chi connectivity index (χ0n) is 15.1. The van der Waals surface area contributed by atoms with Gasteiger partial charge in [-0.2, -0.15) is 0 Å². The van der Waals surface area contributed by atoms with E-state index in [2.05, 4.69) is 15.5 Å². The minimum atomic E-state index is -0.373. The van der Waals surface area contributed by atoms with Crippen LogP contribution in [0, 0.1) is 0 Å². The predicted octanol–water partition coefficient (Wildman–Crippen LogP) is 4.53. The summed E-state index contributed by atoms with van der Waals surface area (Å²) in [6.07, 6.45) is 3.09. The third-order valence-electron chi connectivity index (χ3n) is 3.90. The Morgan fingerprint density at radius 1 is 1.11 bits per heavy atom. The lowest BCUT2D eigenvalue weighted by atomic mass is 10.2. The third-order valence-corrected chi connectivity index (χ3v) is 3.90. The Hall–Kier alpha value is -3.87. The van der Waals surface area contributed by atoms with Gasteiger partial charge in [0, 0.05) is 11.5 Å². The molecule has 0 spiro atoms. The maximum absolute atomic E-state index is 12.0. The second-order valence-electron chi connectivity index (χ2n) is 5.86. The minimum Gasteiger partial charge on any atom is -0.490 e. The number of carbonyl (C=O) groups is 1. The fraction of sp³-hybridized carbons (Fsp3) is 0.0952. The summed E-state index contributed by atoms with van der Waals surface area (Å²) in [6, 6.07) is 16.9. The van der Waals surface area contributed by atoms with E-state index in [1.165, 1.54) is 6.08 Å². The van der Waals surface area contributed by atoms with Crippen molar-refractivity contribution in [3.05, 3.63) is 66.2 Å². The van der Waals surface area contributed by atoms with Gasteiger partial charge in [0.15, 0.2) is 17.1 Å². The van der Waals surface area contributed by atoms with Crippen molar-refractivity contribution in [2.24, 2.45) is 0 Å². The van der Waals surface area contributed by atoms with Gasteiger partial charge in [0.25, 0.3) is 11.8 Å². The van der Waals surface area contributed by atoms with Crippen LogP contribution in [-0.4, -0.2) is 22.7 Å². The van der Waals surface area contributed by atoms with Gasteiger partial charge in [-0.1, -0.05) is 47.6 Å². The summed E-state index contributed by atoms with van der Waals surface area (Å²) in [5, 5.41) is 11.2. The Morgan fingerprint density at radius 3 is 2.79 bits per heavy atom. The van der Waals surface area contributed by atoms with Crippen molar-refractivity contribution in [1.29, 1.82) is 0 Å². The second kappa shape index (κ2) is 7.79. The van der Waals surface area contributed by atoms with E-state index in [9.17, 15) is 4.79 Å². The van der Waals surface area contributed by atoms with E-state index in [0.717, 1.165) is 10.9 Å². The van der Waals surface area contributed by atoms with Crippen LogP contribution in [0.25, 0.3) is 28.7 Å². The molecule has 4 rings (SSSR count). The van der Waals surface area contributed by atoms with Gasteiger partial charge in [-0.15, -0.1) is 5.10 Å². The summed E-state index contributed by atoms with van der Waals surface area (Å²) in [5.74, 6) is 0.837. The van der Waals surface area contributed by atoms with Gasteiger partial charge in [-0.3, -0.25) is 10.1 Å². The molecule has 28 heavy (non-hydrogen) atoms. The van der Waals surface area contributed by atoms with Gasteiger partial charge in [0.05, 0.1) is 6.61 Å². The molecule has 2 heterocycles. The maximum Gasteiger partial charge on any atom is 0.322 e. The van der Waals surface area contributed by atoms with Gasteiger partial charge in [0.2, 0.25) is 0 Å². The number of benzene rings is 2. The number of ether oxygens (including phenoxy) is 1. The molecule has 0 aliphatic heterocycles. The monoisotopic (exact) mass is 375 g/mol. The van der Waals surface area contributed by atoms with Crippen molar-refractivity contribution in [2.75, 3.05) is 11.9 Å². The Balaban J connectivity index is 1.50. The highest BCUT2D eigenvalue weighted by atomic mass is 16.5. The molecule has 0 bridgehead atoms. The van der Waals surface area contributed by atoms with Crippen LogP contribution in [0.1, 0.15) is 12.5 Å². The Labute approximate surface area is 160 Å². The Bertz CT molecular complexity index is 1130. The van der Waals surface area contributed by atoms with Crippen LogP contribution in [0.4, 0.5) is 6.01 Å². The highest BCUT2D eigenvalue weighted by molar-refractivity contribution is 6.00. The molecule has 7 heteroatoms. The zero-order chi connectivity index (χ0) is 19.3. The normalized spacial score (nSPS) is 11.2. The fourth-order valence-corrected chi connectivity index (χ4v) is 2.67. The lowest BCUT2D eigenvalue weighted by Crippen LogP contribution is -2.07. The highest BCUT2D eigenvalue weighted by Gasteiger charge is 2.16. The molecule has 0 radical (unpaired) electrons. The number of nitrogens with one attached hydrogen (secondary N) is 1. The SMILES string of the molecule is CCOc1cccc2cc(-c3nnc(NC(=O)C=Cc4ccccc4)o3)oc12. The number of amides is 1. The van der Waals surface area contributed by atoms with Crippen molar-refractivity contribution in [2.45, 2.75) is 6.92 Å². The van der Waals surface area contributed by atoms with Gasteiger partial charge in [-0.05, 0) is 30.7 Å². The lowest BCUT2D eigenvalue weighted by molar-refractivity contribution is -0.112. The number of nitrogens with zero attached hydrogens (tertiary/aromatic N) is 2. The molecular formula is C21H17N3O4. The average molecular weight is 375 g/mol. The van der Waals surface area contributed by atoms with Crippen LogP contribution in [0.15, 0.2) is 69.5 Å². The molecule has 1 amide bonds. The van der Waals surface area contributed by atoms with E-state index in [1.54, 1.807) is 12.1 Å². The molecule has 0 aliphatic rings. The topological polar surface area (TPSA) is 90.4 Å². The molecular weight excluding hydrogens is 358 g/mol. The number of anilines is 1. The molecule has 1 N–H and O–H groups in total. The number of fused-ring (bicyclic) bond motifs is 1. The van der Waals surface area contributed by atoms with Crippen molar-refractivity contribution >= 4 is 29.0 Å². The first-order valence-corrected chi connectivity index (χ1v) is 8.76. The molecule has 4 aromatic rings. The van der Waals surface area contributed by atoms with Gasteiger partial charge < -0.3 is 13.6 Å². The molecule has 0 aliphatic carbocycles. The quantitative estimate of drug-likeness (QED) is 0.498. The molecule has 0 unspecified atom stereocenters. The van der Waals surface area contributed by atoms with Crippen molar-refractivity contribution in [1.82, 2.24) is 10.2 Å². The second-order valence-corrected chi connectivity index (χ2v) is 5.86. The van der Waals surface area contributed by atoms with E-state index >= 15 is 0 Å². The van der Waals surface area contributed by atoms with Crippen LogP contribution in [0.5, 0.6) is 5.75 Å². The van der Waals surface area contributed by atoms with Gasteiger partial charge in [-0.25, -0.2) is 0 Å². The largest absolute Gasteiger partial charge is 0.490 e. The maximum atomic E-state index is 12.0. The molecule has 140 valence electrons. The Morgan fingerprint density at radius 2 is 1.96 bits per heavy atom. The number of furan rings is 1. The lowest BCUT2D eigenvalue weighted by Gasteiger charge is -2.01. The number of para-hydroxylation sites is 1. The van der Waals surface area contributed by atoms with Crippen LogP contribution >= 0.6 is 0 Å². The van der Waals surface area contributed by atoms with Crippen LogP contribution < -0.4 is 10.1 Å². The van der Waals surface area contributed by atoms with E-state index in [4.69, 9.17) is 13.6 Å². The summed E-state index contributed by atoms with van der Waals surface area (Å²) in [6.45, 7) is 2.43. The highest BCUT2D eigenvalue weighted by Crippen LogP contribution is 2.33. The van der Waals surface area contributed by atoms with Crippen molar-refractivity contribution in [3.8, 4) is 17.4 Å². The van der Waals surface area contributed by atoms with E-state index < -0.39 is 0 Å².